The highest BCUT2D eigenvalue weighted by Crippen LogP contribution is 2.38. The van der Waals surface area contributed by atoms with E-state index < -0.39 is 0 Å². The van der Waals surface area contributed by atoms with Gasteiger partial charge < -0.3 is 14.6 Å². The van der Waals surface area contributed by atoms with Crippen LogP contribution in [0.1, 0.15) is 39.5 Å². The van der Waals surface area contributed by atoms with Gasteiger partial charge >= 0.3 is 0 Å². The Morgan fingerprint density at radius 3 is 3.06 bits per heavy atom. The summed E-state index contributed by atoms with van der Waals surface area (Å²) in [6.45, 7) is 6.45. The zero-order valence-electron chi connectivity index (χ0n) is 11.8. The molecule has 1 saturated carbocycles. The van der Waals surface area contributed by atoms with Crippen LogP contribution in [-0.4, -0.2) is 29.3 Å². The number of nitrogens with zero attached hydrogens (tertiary/aromatic N) is 2. The molecule has 0 aliphatic heterocycles. The predicted octanol–water partition coefficient (Wildman–Crippen LogP) is 2.91. The van der Waals surface area contributed by atoms with Crippen LogP contribution in [0.15, 0.2) is 12.4 Å². The van der Waals surface area contributed by atoms with Gasteiger partial charge in [-0.25, -0.2) is 4.98 Å². The summed E-state index contributed by atoms with van der Waals surface area (Å²) in [6, 6.07) is 0.543. The predicted molar refractivity (Wildman–Crippen MR) is 73.8 cm³/mol. The number of ether oxygens (including phenoxy) is 1. The van der Waals surface area contributed by atoms with Crippen molar-refractivity contribution in [2.75, 3.05) is 19.0 Å². The number of rotatable bonds is 6. The molecule has 1 aliphatic rings. The smallest absolute Gasteiger partial charge is 0.203 e. The highest BCUT2D eigenvalue weighted by atomic mass is 16.5. The van der Waals surface area contributed by atoms with Crippen molar-refractivity contribution in [1.82, 2.24) is 9.55 Å². The Hall–Kier alpha value is -1.03. The summed E-state index contributed by atoms with van der Waals surface area (Å²) < 4.78 is 7.28. The molecule has 1 atom stereocenters. The lowest BCUT2D eigenvalue weighted by molar-refractivity contribution is 0.190. The third-order valence-electron chi connectivity index (χ3n) is 4.02. The molecule has 102 valence electrons. The second kappa shape index (κ2) is 5.74. The Kier molecular flexibility index (Phi) is 4.27. The topological polar surface area (TPSA) is 39.1 Å². The van der Waals surface area contributed by atoms with Crippen molar-refractivity contribution in [3.8, 4) is 0 Å². The summed E-state index contributed by atoms with van der Waals surface area (Å²) in [5, 5.41) is 3.62. The molecule has 0 amide bonds. The Balaban J connectivity index is 1.95. The second-order valence-electron chi connectivity index (χ2n) is 5.87. The van der Waals surface area contributed by atoms with Crippen molar-refractivity contribution in [1.29, 1.82) is 0 Å². The SMILES string of the molecule is COCCCn1ccnc1NC1CCCC1(C)C. The molecule has 2 rings (SSSR count). The van der Waals surface area contributed by atoms with E-state index in [1.807, 2.05) is 12.4 Å². The number of aryl methyl sites for hydroxylation is 1. The molecule has 0 spiro atoms. The largest absolute Gasteiger partial charge is 0.385 e. The van der Waals surface area contributed by atoms with Crippen molar-refractivity contribution in [3.05, 3.63) is 12.4 Å². The maximum Gasteiger partial charge on any atom is 0.203 e. The first-order valence-corrected chi connectivity index (χ1v) is 6.90. The molecule has 4 heteroatoms. The van der Waals surface area contributed by atoms with E-state index in [9.17, 15) is 0 Å². The molecule has 4 nitrogen and oxygen atoms in total. The maximum absolute atomic E-state index is 5.09. The van der Waals surface area contributed by atoms with E-state index in [2.05, 4.69) is 28.7 Å². The first-order chi connectivity index (χ1) is 8.63. The quantitative estimate of drug-likeness (QED) is 0.790. The van der Waals surface area contributed by atoms with Crippen LogP contribution in [0, 0.1) is 5.41 Å². The minimum Gasteiger partial charge on any atom is -0.385 e. The van der Waals surface area contributed by atoms with E-state index in [4.69, 9.17) is 4.74 Å². The van der Waals surface area contributed by atoms with Gasteiger partial charge in [-0.15, -0.1) is 0 Å². The first-order valence-electron chi connectivity index (χ1n) is 6.90. The summed E-state index contributed by atoms with van der Waals surface area (Å²) in [5.41, 5.74) is 0.378. The van der Waals surface area contributed by atoms with Crippen molar-refractivity contribution < 1.29 is 4.74 Å². The van der Waals surface area contributed by atoms with Gasteiger partial charge in [-0.2, -0.15) is 0 Å². The number of hydrogen-bond acceptors (Lipinski definition) is 3. The van der Waals surface area contributed by atoms with Gasteiger partial charge in [-0.05, 0) is 24.7 Å². The highest BCUT2D eigenvalue weighted by Gasteiger charge is 2.34. The molecule has 1 aromatic rings. The fourth-order valence-electron chi connectivity index (χ4n) is 2.76. The Morgan fingerprint density at radius 2 is 2.39 bits per heavy atom. The van der Waals surface area contributed by atoms with Gasteiger partial charge in [0.25, 0.3) is 0 Å². The van der Waals surface area contributed by atoms with Gasteiger partial charge in [-0.1, -0.05) is 20.3 Å². The molecule has 1 N–H and O–H groups in total. The molecule has 18 heavy (non-hydrogen) atoms. The third-order valence-corrected chi connectivity index (χ3v) is 4.02. The van der Waals surface area contributed by atoms with Crippen LogP contribution in [0.4, 0.5) is 5.95 Å². The zero-order chi connectivity index (χ0) is 13.0. The zero-order valence-corrected chi connectivity index (χ0v) is 11.8. The molecule has 1 aliphatic carbocycles. The van der Waals surface area contributed by atoms with E-state index in [0.29, 0.717) is 11.5 Å². The molecule has 0 radical (unpaired) electrons. The number of nitrogens with one attached hydrogen (secondary N) is 1. The Morgan fingerprint density at radius 1 is 1.56 bits per heavy atom. The molecular formula is C14H25N3O. The van der Waals surface area contributed by atoms with Crippen molar-refractivity contribution >= 4 is 5.95 Å². The Labute approximate surface area is 110 Å². The highest BCUT2D eigenvalue weighted by molar-refractivity contribution is 5.29. The van der Waals surface area contributed by atoms with E-state index in [1.54, 1.807) is 7.11 Å². The molecular weight excluding hydrogens is 226 g/mol. The van der Waals surface area contributed by atoms with Gasteiger partial charge in [0.15, 0.2) is 0 Å². The van der Waals surface area contributed by atoms with E-state index in [-0.39, 0.29) is 0 Å². The van der Waals surface area contributed by atoms with E-state index >= 15 is 0 Å². The van der Waals surface area contributed by atoms with Crippen LogP contribution in [0.5, 0.6) is 0 Å². The number of imidazole rings is 1. The lowest BCUT2D eigenvalue weighted by atomic mass is 9.87. The summed E-state index contributed by atoms with van der Waals surface area (Å²) in [4.78, 5) is 4.44. The summed E-state index contributed by atoms with van der Waals surface area (Å²) in [5.74, 6) is 1.01. The molecule has 1 unspecified atom stereocenters. The van der Waals surface area contributed by atoms with Crippen molar-refractivity contribution in [2.45, 2.75) is 52.1 Å². The van der Waals surface area contributed by atoms with E-state index in [1.165, 1.54) is 19.3 Å². The minimum atomic E-state index is 0.378. The van der Waals surface area contributed by atoms with Gasteiger partial charge in [0.05, 0.1) is 0 Å². The lowest BCUT2D eigenvalue weighted by Gasteiger charge is -2.28. The van der Waals surface area contributed by atoms with E-state index in [0.717, 1.165) is 25.5 Å². The fraction of sp³-hybridized carbons (Fsp3) is 0.786. The van der Waals surface area contributed by atoms with Crippen molar-refractivity contribution in [3.63, 3.8) is 0 Å². The van der Waals surface area contributed by atoms with Gasteiger partial charge in [0, 0.05) is 38.7 Å². The molecule has 0 saturated heterocycles. The number of methoxy groups -OCH3 is 1. The molecule has 1 heterocycles. The van der Waals surface area contributed by atoms with Crippen LogP contribution < -0.4 is 5.32 Å². The summed E-state index contributed by atoms with van der Waals surface area (Å²) >= 11 is 0. The molecule has 1 fully saturated rings. The summed E-state index contributed by atoms with van der Waals surface area (Å²) in [6.07, 6.45) is 8.80. The minimum absolute atomic E-state index is 0.378. The van der Waals surface area contributed by atoms with Crippen molar-refractivity contribution in [2.24, 2.45) is 5.41 Å². The number of aromatic nitrogens is 2. The average molecular weight is 251 g/mol. The maximum atomic E-state index is 5.09. The molecule has 1 aromatic heterocycles. The monoisotopic (exact) mass is 251 g/mol. The summed E-state index contributed by atoms with van der Waals surface area (Å²) in [7, 11) is 1.74. The Bertz CT molecular complexity index is 373. The van der Waals surface area contributed by atoms with Gasteiger partial charge in [0.1, 0.15) is 0 Å². The standard InChI is InChI=1S/C14H25N3O/c1-14(2)7-4-6-12(14)16-13-15-8-10-17(13)9-5-11-18-3/h8,10,12H,4-7,9,11H2,1-3H3,(H,15,16). The third kappa shape index (κ3) is 3.05. The van der Waals surface area contributed by atoms with Crippen LogP contribution in [0.2, 0.25) is 0 Å². The van der Waals surface area contributed by atoms with Gasteiger partial charge in [0.2, 0.25) is 5.95 Å². The fourth-order valence-corrected chi connectivity index (χ4v) is 2.76. The normalized spacial score (nSPS) is 22.3. The molecule has 0 bridgehead atoms. The molecule has 0 aromatic carbocycles. The van der Waals surface area contributed by atoms with Crippen LogP contribution >= 0.6 is 0 Å². The lowest BCUT2D eigenvalue weighted by Crippen LogP contribution is -2.32. The van der Waals surface area contributed by atoms with Gasteiger partial charge in [-0.3, -0.25) is 0 Å². The van der Waals surface area contributed by atoms with Crippen LogP contribution in [0.25, 0.3) is 0 Å². The number of anilines is 1. The second-order valence-corrected chi connectivity index (χ2v) is 5.87. The van der Waals surface area contributed by atoms with Crippen LogP contribution in [-0.2, 0) is 11.3 Å². The van der Waals surface area contributed by atoms with Crippen LogP contribution in [0.3, 0.4) is 0 Å². The number of hydrogen-bond donors (Lipinski definition) is 1. The average Bonchev–Trinajstić information content (AvgIpc) is 2.88. The first kappa shape index (κ1) is 13.4.